The second-order valence-electron chi connectivity index (χ2n) is 11.9. The minimum absolute atomic E-state index is 0.0140. The number of aliphatic hydroxyl groups excluding tert-OH is 1. The number of ether oxygens (including phenoxy) is 1. The van der Waals surface area contributed by atoms with Crippen LogP contribution in [0, 0.1) is 17.8 Å². The summed E-state index contributed by atoms with van der Waals surface area (Å²) in [6, 6.07) is -0.134. The lowest BCUT2D eigenvalue weighted by Crippen LogP contribution is -2.55. The molecule has 10 N–H and O–H groups in total. The van der Waals surface area contributed by atoms with Gasteiger partial charge in [-0.25, -0.2) is 0 Å². The first-order chi connectivity index (χ1) is 19.4. The topological polar surface area (TPSA) is 190 Å². The fourth-order valence-electron chi connectivity index (χ4n) is 5.37. The summed E-state index contributed by atoms with van der Waals surface area (Å²) in [5.41, 5.74) is 16.9. The molecule has 0 aromatic carbocycles. The maximum absolute atomic E-state index is 13.0. The SMILES string of the molecule is CCOC(CC)[C@H](CCCN=C(N)N)NC(C)C(CC(C)C)NC(=O)CCC(=O)NC(C(C)C)C(CN)CCCO. The average Bonchev–Trinajstić information content (AvgIpc) is 2.91. The third-order valence-corrected chi connectivity index (χ3v) is 7.52. The van der Waals surface area contributed by atoms with Gasteiger partial charge in [-0.3, -0.25) is 14.6 Å². The second kappa shape index (κ2) is 22.6. The van der Waals surface area contributed by atoms with Gasteiger partial charge in [-0.15, -0.1) is 0 Å². The van der Waals surface area contributed by atoms with Crippen LogP contribution in [-0.2, 0) is 14.3 Å². The predicted octanol–water partition coefficient (Wildman–Crippen LogP) is 2.00. The number of nitrogens with zero attached hydrogens (tertiary/aromatic N) is 1. The van der Waals surface area contributed by atoms with Crippen molar-refractivity contribution in [3.05, 3.63) is 0 Å². The van der Waals surface area contributed by atoms with Crippen molar-refractivity contribution in [2.75, 3.05) is 26.3 Å². The summed E-state index contributed by atoms with van der Waals surface area (Å²) < 4.78 is 6.03. The van der Waals surface area contributed by atoms with Crippen LogP contribution in [-0.4, -0.2) is 79.5 Å². The van der Waals surface area contributed by atoms with Crippen LogP contribution in [0.15, 0.2) is 4.99 Å². The third-order valence-electron chi connectivity index (χ3n) is 7.52. The number of aliphatic hydroxyl groups is 1. The first-order valence-electron chi connectivity index (χ1n) is 15.7. The van der Waals surface area contributed by atoms with E-state index in [1.165, 1.54) is 0 Å². The molecule has 0 saturated carbocycles. The Labute approximate surface area is 249 Å². The lowest BCUT2D eigenvalue weighted by Gasteiger charge is -2.34. The molecule has 0 aromatic heterocycles. The summed E-state index contributed by atoms with van der Waals surface area (Å²) in [7, 11) is 0. The minimum Gasteiger partial charge on any atom is -0.396 e. The van der Waals surface area contributed by atoms with Crippen LogP contribution in [0.25, 0.3) is 0 Å². The molecule has 0 heterocycles. The zero-order valence-electron chi connectivity index (χ0n) is 27.0. The summed E-state index contributed by atoms with van der Waals surface area (Å²) in [5, 5.41) is 19.2. The Kier molecular flexibility index (Phi) is 21.5. The molecule has 11 heteroatoms. The summed E-state index contributed by atoms with van der Waals surface area (Å²) in [6.07, 6.45) is 4.95. The molecule has 0 aromatic rings. The number of aliphatic imine (C=N–C) groups is 1. The van der Waals surface area contributed by atoms with Gasteiger partial charge in [-0.2, -0.15) is 0 Å². The van der Waals surface area contributed by atoms with E-state index in [0.29, 0.717) is 32.0 Å². The molecule has 0 aliphatic heterocycles. The van der Waals surface area contributed by atoms with Crippen molar-refractivity contribution in [2.24, 2.45) is 39.9 Å². The van der Waals surface area contributed by atoms with E-state index < -0.39 is 0 Å². The van der Waals surface area contributed by atoms with Crippen LogP contribution in [0.3, 0.4) is 0 Å². The summed E-state index contributed by atoms with van der Waals surface area (Å²) in [4.78, 5) is 29.9. The van der Waals surface area contributed by atoms with Crippen molar-refractivity contribution in [1.82, 2.24) is 16.0 Å². The highest BCUT2D eigenvalue weighted by Gasteiger charge is 2.28. The van der Waals surface area contributed by atoms with Gasteiger partial charge in [0, 0.05) is 56.8 Å². The minimum atomic E-state index is -0.156. The largest absolute Gasteiger partial charge is 0.396 e. The van der Waals surface area contributed by atoms with Gasteiger partial charge in [0.25, 0.3) is 0 Å². The zero-order chi connectivity index (χ0) is 31.4. The van der Waals surface area contributed by atoms with Crippen molar-refractivity contribution in [3.63, 3.8) is 0 Å². The second-order valence-corrected chi connectivity index (χ2v) is 11.9. The number of guanidine groups is 1. The van der Waals surface area contributed by atoms with Gasteiger partial charge in [0.15, 0.2) is 5.96 Å². The van der Waals surface area contributed by atoms with Gasteiger partial charge in [-0.05, 0) is 76.7 Å². The molecule has 0 radical (unpaired) electrons. The summed E-state index contributed by atoms with van der Waals surface area (Å²) in [6.45, 7) is 16.3. The van der Waals surface area contributed by atoms with Gasteiger partial charge in [0.1, 0.15) is 0 Å². The molecule has 11 nitrogen and oxygen atoms in total. The molecule has 2 amide bonds. The molecular formula is C30H63N7O4. The highest BCUT2D eigenvalue weighted by molar-refractivity contribution is 5.84. The molecule has 0 aliphatic carbocycles. The number of nitrogens with one attached hydrogen (secondary N) is 3. The summed E-state index contributed by atoms with van der Waals surface area (Å²) in [5.74, 6) is 0.444. The standard InChI is InChI=1S/C30H63N7O4/c1-8-26(41-9-2)24(13-10-16-34-30(32)33)35-22(7)25(18-20(3)4)36-27(39)14-15-28(40)37-29(21(5)6)23(19-31)12-11-17-38/h20-26,29,35,38H,8-19,31H2,1-7H3,(H,36,39)(H,37,40)(H4,32,33,34)/t22?,23?,24-,25?,26?,29?/m0/s1. The van der Waals surface area contributed by atoms with E-state index in [0.717, 1.165) is 32.1 Å². The first kappa shape index (κ1) is 39.0. The van der Waals surface area contributed by atoms with Gasteiger partial charge in [-0.1, -0.05) is 34.6 Å². The van der Waals surface area contributed by atoms with Gasteiger partial charge in [0.05, 0.1) is 6.10 Å². The number of carbonyl (C=O) groups is 2. The molecule has 41 heavy (non-hydrogen) atoms. The molecule has 0 spiro atoms. The van der Waals surface area contributed by atoms with Crippen LogP contribution in [0.1, 0.15) is 99.8 Å². The van der Waals surface area contributed by atoms with Crippen LogP contribution in [0.2, 0.25) is 0 Å². The van der Waals surface area contributed by atoms with Crippen molar-refractivity contribution >= 4 is 17.8 Å². The predicted molar refractivity (Wildman–Crippen MR) is 168 cm³/mol. The number of hydrogen-bond donors (Lipinski definition) is 7. The molecule has 0 saturated heterocycles. The number of nitrogens with two attached hydrogens (primary N) is 3. The van der Waals surface area contributed by atoms with Crippen molar-refractivity contribution in [2.45, 2.75) is 130 Å². The highest BCUT2D eigenvalue weighted by Crippen LogP contribution is 2.18. The molecule has 242 valence electrons. The van der Waals surface area contributed by atoms with E-state index in [1.807, 2.05) is 20.8 Å². The van der Waals surface area contributed by atoms with Gasteiger partial charge >= 0.3 is 0 Å². The Morgan fingerprint density at radius 2 is 1.56 bits per heavy atom. The van der Waals surface area contributed by atoms with Crippen molar-refractivity contribution in [3.8, 4) is 0 Å². The lowest BCUT2D eigenvalue weighted by molar-refractivity contribution is -0.127. The van der Waals surface area contributed by atoms with Crippen LogP contribution in [0.4, 0.5) is 0 Å². The molecule has 0 fully saturated rings. The quantitative estimate of drug-likeness (QED) is 0.0508. The molecule has 5 unspecified atom stereocenters. The van der Waals surface area contributed by atoms with Crippen LogP contribution < -0.4 is 33.2 Å². The molecule has 6 atom stereocenters. The fourth-order valence-corrected chi connectivity index (χ4v) is 5.37. The number of carbonyl (C=O) groups excluding carboxylic acids is 2. The number of hydrogen-bond acceptors (Lipinski definition) is 7. The molecule has 0 rings (SSSR count). The van der Waals surface area contributed by atoms with E-state index >= 15 is 0 Å². The first-order valence-corrected chi connectivity index (χ1v) is 15.7. The van der Waals surface area contributed by atoms with E-state index in [-0.39, 0.29) is 79.3 Å². The van der Waals surface area contributed by atoms with Gasteiger partial charge < -0.3 is 43.0 Å². The zero-order valence-corrected chi connectivity index (χ0v) is 27.0. The Morgan fingerprint density at radius 3 is 2.05 bits per heavy atom. The maximum atomic E-state index is 13.0. The van der Waals surface area contributed by atoms with Crippen LogP contribution >= 0.6 is 0 Å². The van der Waals surface area contributed by atoms with E-state index in [4.69, 9.17) is 21.9 Å². The third kappa shape index (κ3) is 17.6. The van der Waals surface area contributed by atoms with E-state index in [1.54, 1.807) is 0 Å². The molecule has 0 aliphatic rings. The molecular weight excluding hydrogens is 522 g/mol. The number of rotatable bonds is 24. The monoisotopic (exact) mass is 585 g/mol. The number of amides is 2. The smallest absolute Gasteiger partial charge is 0.220 e. The maximum Gasteiger partial charge on any atom is 0.220 e. The summed E-state index contributed by atoms with van der Waals surface area (Å²) >= 11 is 0. The lowest BCUT2D eigenvalue weighted by atomic mass is 9.87. The van der Waals surface area contributed by atoms with E-state index in [2.05, 4.69) is 48.6 Å². The molecule has 0 bridgehead atoms. The van der Waals surface area contributed by atoms with E-state index in [9.17, 15) is 14.7 Å². The normalized spacial score (nSPS) is 16.1. The average molecular weight is 586 g/mol. The fraction of sp³-hybridized carbons (Fsp3) is 0.900. The Balaban J connectivity index is 5.28. The Morgan fingerprint density at radius 1 is 0.927 bits per heavy atom. The van der Waals surface area contributed by atoms with Gasteiger partial charge in [0.2, 0.25) is 11.8 Å². The van der Waals surface area contributed by atoms with Crippen LogP contribution in [0.5, 0.6) is 0 Å². The Hall–Kier alpha value is -1.95. The highest BCUT2D eigenvalue weighted by atomic mass is 16.5. The van der Waals surface area contributed by atoms with Crippen molar-refractivity contribution < 1.29 is 19.4 Å². The van der Waals surface area contributed by atoms with Crippen molar-refractivity contribution in [1.29, 1.82) is 0 Å². The Bertz CT molecular complexity index is 732.